The second kappa shape index (κ2) is 9.11. The Hall–Kier alpha value is -0.500. The molecule has 7 heteroatoms. The van der Waals surface area contributed by atoms with Gasteiger partial charge in [0.15, 0.2) is 0 Å². The van der Waals surface area contributed by atoms with E-state index in [0.29, 0.717) is 18.9 Å². The van der Waals surface area contributed by atoms with E-state index >= 15 is 0 Å². The molecule has 1 heterocycles. The first-order chi connectivity index (χ1) is 11.0. The van der Waals surface area contributed by atoms with E-state index in [4.69, 9.17) is 4.74 Å². The zero-order valence-electron chi connectivity index (χ0n) is 13.3. The zero-order valence-corrected chi connectivity index (χ0v) is 15.7. The van der Waals surface area contributed by atoms with E-state index in [-0.39, 0.29) is 24.4 Å². The van der Waals surface area contributed by atoms with Crippen molar-refractivity contribution in [2.45, 2.75) is 51.0 Å². The summed E-state index contributed by atoms with van der Waals surface area (Å²) in [6.45, 7) is 2.02. The van der Waals surface area contributed by atoms with Crippen molar-refractivity contribution in [3.63, 3.8) is 0 Å². The van der Waals surface area contributed by atoms with E-state index in [2.05, 4.69) is 20.9 Å². The van der Waals surface area contributed by atoms with Gasteiger partial charge in [-0.05, 0) is 60.9 Å². The van der Waals surface area contributed by atoms with Crippen LogP contribution in [0.4, 0.5) is 0 Å². The standard InChI is InChI=1S/C16H24BrNO4S/c1-2-22-16(21)11-5-3-10(4-6-11)13(7-12(20)9-19)15-18-8-14(17)23-15/h8,10-13,19-20H,2-7,9H2,1H3. The smallest absolute Gasteiger partial charge is 0.308 e. The monoisotopic (exact) mass is 405 g/mol. The van der Waals surface area contributed by atoms with Crippen molar-refractivity contribution in [3.8, 4) is 0 Å². The minimum absolute atomic E-state index is 0.00218. The van der Waals surface area contributed by atoms with Crippen LogP contribution in [0, 0.1) is 11.8 Å². The summed E-state index contributed by atoms with van der Waals surface area (Å²) in [4.78, 5) is 16.3. The molecular formula is C16H24BrNO4S. The van der Waals surface area contributed by atoms with Gasteiger partial charge in [-0.1, -0.05) is 0 Å². The van der Waals surface area contributed by atoms with Gasteiger partial charge in [0.2, 0.25) is 0 Å². The van der Waals surface area contributed by atoms with E-state index in [1.165, 1.54) is 0 Å². The number of ether oxygens (including phenoxy) is 1. The summed E-state index contributed by atoms with van der Waals surface area (Å²) in [7, 11) is 0. The Morgan fingerprint density at radius 1 is 1.48 bits per heavy atom. The number of rotatable bonds is 7. The van der Waals surface area contributed by atoms with Crippen molar-refractivity contribution >= 4 is 33.2 Å². The fourth-order valence-corrected chi connectivity index (χ4v) is 4.77. The largest absolute Gasteiger partial charge is 0.466 e. The number of nitrogens with zero attached hydrogens (tertiary/aromatic N) is 1. The molecule has 1 aromatic heterocycles. The summed E-state index contributed by atoms with van der Waals surface area (Å²) in [6, 6.07) is 0. The number of hydrogen-bond donors (Lipinski definition) is 2. The van der Waals surface area contributed by atoms with Crippen LogP contribution < -0.4 is 0 Å². The summed E-state index contributed by atoms with van der Waals surface area (Å²) in [5.74, 6) is 0.407. The van der Waals surface area contributed by atoms with Crippen LogP contribution in [0.2, 0.25) is 0 Å². The van der Waals surface area contributed by atoms with Gasteiger partial charge in [0, 0.05) is 5.92 Å². The molecule has 5 nitrogen and oxygen atoms in total. The molecule has 2 atom stereocenters. The number of aliphatic hydroxyl groups is 2. The normalized spacial score (nSPS) is 24.2. The fraction of sp³-hybridized carbons (Fsp3) is 0.750. The van der Waals surface area contributed by atoms with Gasteiger partial charge >= 0.3 is 5.97 Å². The maximum absolute atomic E-state index is 11.9. The molecule has 0 amide bonds. The number of carbonyl (C=O) groups is 1. The SMILES string of the molecule is CCOC(=O)C1CCC(C(CC(O)CO)c2ncc(Br)s2)CC1. The highest BCUT2D eigenvalue weighted by Gasteiger charge is 2.34. The van der Waals surface area contributed by atoms with Gasteiger partial charge in [0.1, 0.15) is 0 Å². The van der Waals surface area contributed by atoms with Crippen LogP contribution in [-0.4, -0.2) is 40.5 Å². The predicted octanol–water partition coefficient (Wildman–Crippen LogP) is 3.10. The molecule has 0 radical (unpaired) electrons. The molecule has 1 aliphatic rings. The molecule has 2 N–H and O–H groups in total. The number of esters is 1. The van der Waals surface area contributed by atoms with Gasteiger partial charge in [-0.3, -0.25) is 4.79 Å². The van der Waals surface area contributed by atoms with Gasteiger partial charge in [-0.25, -0.2) is 4.98 Å². The average Bonchev–Trinajstić information content (AvgIpc) is 2.99. The number of aliphatic hydroxyl groups excluding tert-OH is 2. The molecule has 130 valence electrons. The lowest BCUT2D eigenvalue weighted by molar-refractivity contribution is -0.149. The zero-order chi connectivity index (χ0) is 16.8. The van der Waals surface area contributed by atoms with E-state index < -0.39 is 6.10 Å². The molecule has 23 heavy (non-hydrogen) atoms. The third-order valence-electron chi connectivity index (χ3n) is 4.51. The van der Waals surface area contributed by atoms with Gasteiger partial charge in [-0.15, -0.1) is 11.3 Å². The van der Waals surface area contributed by atoms with E-state index in [1.54, 1.807) is 17.5 Å². The summed E-state index contributed by atoms with van der Waals surface area (Å²) in [5, 5.41) is 20.0. The molecule has 0 saturated heterocycles. The number of carbonyl (C=O) groups excluding carboxylic acids is 1. The van der Waals surface area contributed by atoms with Crippen LogP contribution in [0.15, 0.2) is 9.98 Å². The van der Waals surface area contributed by atoms with Crippen molar-refractivity contribution in [1.82, 2.24) is 4.98 Å². The van der Waals surface area contributed by atoms with Gasteiger partial charge < -0.3 is 14.9 Å². The first-order valence-corrected chi connectivity index (χ1v) is 9.72. The Labute approximate surface area is 149 Å². The summed E-state index contributed by atoms with van der Waals surface area (Å²) in [5.41, 5.74) is 0. The van der Waals surface area contributed by atoms with Crippen molar-refractivity contribution in [1.29, 1.82) is 0 Å². The molecule has 1 saturated carbocycles. The molecule has 2 unspecified atom stereocenters. The van der Waals surface area contributed by atoms with Crippen LogP contribution in [0.3, 0.4) is 0 Å². The maximum Gasteiger partial charge on any atom is 0.308 e. The molecular weight excluding hydrogens is 382 g/mol. The van der Waals surface area contributed by atoms with Crippen molar-refractivity contribution in [3.05, 3.63) is 15.0 Å². The summed E-state index contributed by atoms with van der Waals surface area (Å²) in [6.07, 6.45) is 5.04. The highest BCUT2D eigenvalue weighted by molar-refractivity contribution is 9.11. The molecule has 0 aromatic carbocycles. The minimum atomic E-state index is -0.731. The number of aromatic nitrogens is 1. The second-order valence-electron chi connectivity index (χ2n) is 6.04. The van der Waals surface area contributed by atoms with Crippen LogP contribution in [0.5, 0.6) is 0 Å². The van der Waals surface area contributed by atoms with Crippen molar-refractivity contribution in [2.24, 2.45) is 11.8 Å². The second-order valence-corrected chi connectivity index (χ2v) is 8.49. The molecule has 1 aliphatic carbocycles. The molecule has 0 bridgehead atoms. The first-order valence-electron chi connectivity index (χ1n) is 8.11. The molecule has 1 fully saturated rings. The van der Waals surface area contributed by atoms with Crippen molar-refractivity contribution < 1.29 is 19.7 Å². The van der Waals surface area contributed by atoms with Crippen LogP contribution in [0.25, 0.3) is 0 Å². The Morgan fingerprint density at radius 3 is 2.70 bits per heavy atom. The highest BCUT2D eigenvalue weighted by Crippen LogP contribution is 2.42. The lowest BCUT2D eigenvalue weighted by Crippen LogP contribution is -2.28. The molecule has 0 aliphatic heterocycles. The van der Waals surface area contributed by atoms with Crippen LogP contribution in [-0.2, 0) is 9.53 Å². The lowest BCUT2D eigenvalue weighted by Gasteiger charge is -2.33. The summed E-state index contributed by atoms with van der Waals surface area (Å²) >= 11 is 5.01. The van der Waals surface area contributed by atoms with Crippen molar-refractivity contribution in [2.75, 3.05) is 13.2 Å². The third kappa shape index (κ3) is 5.24. The van der Waals surface area contributed by atoms with Gasteiger partial charge in [-0.2, -0.15) is 0 Å². The maximum atomic E-state index is 11.9. The Morgan fingerprint density at radius 2 is 2.17 bits per heavy atom. The first kappa shape index (κ1) is 18.8. The Balaban J connectivity index is 2.01. The Kier molecular flexibility index (Phi) is 7.46. The molecule has 1 aromatic rings. The number of hydrogen-bond acceptors (Lipinski definition) is 6. The fourth-order valence-electron chi connectivity index (χ4n) is 3.32. The lowest BCUT2D eigenvalue weighted by atomic mass is 9.74. The van der Waals surface area contributed by atoms with Gasteiger partial charge in [0.05, 0.1) is 40.2 Å². The quantitative estimate of drug-likeness (QED) is 0.681. The number of thiazole rings is 1. The van der Waals surface area contributed by atoms with E-state index in [0.717, 1.165) is 34.5 Å². The van der Waals surface area contributed by atoms with E-state index in [9.17, 15) is 15.0 Å². The highest BCUT2D eigenvalue weighted by atomic mass is 79.9. The predicted molar refractivity (Wildman–Crippen MR) is 92.3 cm³/mol. The summed E-state index contributed by atoms with van der Waals surface area (Å²) < 4.78 is 6.09. The van der Waals surface area contributed by atoms with Crippen LogP contribution >= 0.6 is 27.3 Å². The molecule has 2 rings (SSSR count). The van der Waals surface area contributed by atoms with Crippen LogP contribution in [0.1, 0.15) is 50.0 Å². The third-order valence-corrected chi connectivity index (χ3v) is 6.12. The Bertz CT molecular complexity index is 502. The molecule has 0 spiro atoms. The van der Waals surface area contributed by atoms with Gasteiger partial charge in [0.25, 0.3) is 0 Å². The average molecular weight is 406 g/mol. The van der Waals surface area contributed by atoms with E-state index in [1.807, 2.05) is 6.92 Å². The minimum Gasteiger partial charge on any atom is -0.466 e. The topological polar surface area (TPSA) is 79.7 Å². The number of halogens is 1.